The average Bonchev–Trinajstić information content (AvgIpc) is 1.67. The summed E-state index contributed by atoms with van der Waals surface area (Å²) in [6.45, 7) is -1.21. The molecular formula is C3H4F2NO2-. The molecule has 3 nitrogen and oxygen atoms in total. The first-order valence-electron chi connectivity index (χ1n) is 1.80. The summed E-state index contributed by atoms with van der Waals surface area (Å²) in [4.78, 5) is 9.31. The molecule has 0 saturated heterocycles. The Balaban J connectivity index is 3.91. The quantitative estimate of drug-likeness (QED) is 0.478. The van der Waals surface area contributed by atoms with Crippen molar-refractivity contribution in [3.63, 3.8) is 0 Å². The molecule has 0 saturated carbocycles. The zero-order chi connectivity index (χ0) is 6.78. The van der Waals surface area contributed by atoms with Crippen molar-refractivity contribution in [2.75, 3.05) is 6.54 Å². The molecule has 5 heteroatoms. The van der Waals surface area contributed by atoms with Crippen molar-refractivity contribution in [3.8, 4) is 0 Å². The van der Waals surface area contributed by atoms with E-state index in [0.717, 1.165) is 0 Å². The van der Waals surface area contributed by atoms with Gasteiger partial charge in [-0.3, -0.25) is 0 Å². The summed E-state index contributed by atoms with van der Waals surface area (Å²) in [6.07, 6.45) is 0. The Morgan fingerprint density at radius 2 is 2.12 bits per heavy atom. The van der Waals surface area contributed by atoms with Crippen molar-refractivity contribution in [1.29, 1.82) is 0 Å². The Hall–Kier alpha value is -0.710. The molecule has 0 unspecified atom stereocenters. The molecule has 0 amide bonds. The van der Waals surface area contributed by atoms with Crippen molar-refractivity contribution < 1.29 is 18.7 Å². The van der Waals surface area contributed by atoms with Crippen molar-refractivity contribution in [3.05, 3.63) is 0 Å². The number of hydrogen-bond acceptors (Lipinski definition) is 3. The van der Waals surface area contributed by atoms with Gasteiger partial charge in [0.2, 0.25) is 0 Å². The molecule has 0 aliphatic heterocycles. The molecule has 0 bridgehead atoms. The lowest BCUT2D eigenvalue weighted by Gasteiger charge is -2.12. The lowest BCUT2D eigenvalue weighted by molar-refractivity contribution is -0.328. The van der Waals surface area contributed by atoms with Crippen LogP contribution in [0.25, 0.3) is 0 Å². The lowest BCUT2D eigenvalue weighted by atomic mass is 10.3. The van der Waals surface area contributed by atoms with E-state index in [-0.39, 0.29) is 0 Å². The lowest BCUT2D eigenvalue weighted by Crippen LogP contribution is -2.46. The van der Waals surface area contributed by atoms with Crippen LogP contribution in [0.1, 0.15) is 0 Å². The van der Waals surface area contributed by atoms with Crippen LogP contribution in [-0.2, 0) is 4.79 Å². The van der Waals surface area contributed by atoms with Crippen LogP contribution in [0.5, 0.6) is 0 Å². The van der Waals surface area contributed by atoms with Gasteiger partial charge in [0.1, 0.15) is 5.97 Å². The zero-order valence-corrected chi connectivity index (χ0v) is 3.86. The van der Waals surface area contributed by atoms with E-state index in [1.54, 1.807) is 0 Å². The highest BCUT2D eigenvalue weighted by Gasteiger charge is 2.27. The minimum atomic E-state index is -3.88. The van der Waals surface area contributed by atoms with Crippen molar-refractivity contribution in [1.82, 2.24) is 0 Å². The van der Waals surface area contributed by atoms with Crippen molar-refractivity contribution >= 4 is 5.97 Å². The van der Waals surface area contributed by atoms with E-state index in [1.807, 2.05) is 0 Å². The molecule has 0 rings (SSSR count). The predicted molar refractivity (Wildman–Crippen MR) is 19.0 cm³/mol. The largest absolute Gasteiger partial charge is 0.544 e. The number of carbonyl (C=O) groups is 1. The molecule has 2 N–H and O–H groups in total. The first-order valence-corrected chi connectivity index (χ1v) is 1.80. The molecule has 0 radical (unpaired) electrons. The number of hydrogen-bond donors (Lipinski definition) is 1. The molecule has 0 fully saturated rings. The SMILES string of the molecule is NCC(F)(F)C(=O)[O-]. The van der Waals surface area contributed by atoms with Crippen LogP contribution in [0, 0.1) is 0 Å². The standard InChI is InChI=1S/C3H5F2NO2/c4-3(5,1-6)2(7)8/h1,6H2,(H,7,8)/p-1. The van der Waals surface area contributed by atoms with Gasteiger partial charge in [0.05, 0.1) is 6.54 Å². The van der Waals surface area contributed by atoms with Gasteiger partial charge in [0.15, 0.2) is 0 Å². The van der Waals surface area contributed by atoms with Gasteiger partial charge in [0, 0.05) is 0 Å². The summed E-state index contributed by atoms with van der Waals surface area (Å²) in [5.74, 6) is -6.31. The summed E-state index contributed by atoms with van der Waals surface area (Å²) >= 11 is 0. The smallest absolute Gasteiger partial charge is 0.299 e. The fourth-order valence-electron chi connectivity index (χ4n) is 0.0833. The maximum Gasteiger partial charge on any atom is 0.299 e. The van der Waals surface area contributed by atoms with Crippen LogP contribution in [0.3, 0.4) is 0 Å². The van der Waals surface area contributed by atoms with Gasteiger partial charge in [-0.15, -0.1) is 0 Å². The normalized spacial score (nSPS) is 11.4. The highest BCUT2D eigenvalue weighted by Crippen LogP contribution is 2.07. The third kappa shape index (κ3) is 1.42. The van der Waals surface area contributed by atoms with Crippen molar-refractivity contribution in [2.24, 2.45) is 5.73 Å². The van der Waals surface area contributed by atoms with Crippen LogP contribution in [0.2, 0.25) is 0 Å². The summed E-state index contributed by atoms with van der Waals surface area (Å²) in [6, 6.07) is 0. The maximum atomic E-state index is 11.5. The Labute approximate surface area is 44.1 Å². The molecular weight excluding hydrogens is 120 g/mol. The Morgan fingerprint density at radius 1 is 1.75 bits per heavy atom. The summed E-state index contributed by atoms with van der Waals surface area (Å²) in [5.41, 5.74) is 4.34. The number of carbonyl (C=O) groups excluding carboxylic acids is 1. The van der Waals surface area contributed by atoms with Gasteiger partial charge < -0.3 is 15.6 Å². The predicted octanol–water partition coefficient (Wildman–Crippen LogP) is -1.67. The van der Waals surface area contributed by atoms with E-state index in [0.29, 0.717) is 0 Å². The number of carboxylic acids is 1. The number of carboxylic acid groups (broad SMARTS) is 1. The number of halogens is 2. The van der Waals surface area contributed by atoms with Gasteiger partial charge in [-0.05, 0) is 0 Å². The highest BCUT2D eigenvalue weighted by molar-refractivity contribution is 5.73. The molecule has 0 aromatic rings. The highest BCUT2D eigenvalue weighted by atomic mass is 19.3. The van der Waals surface area contributed by atoms with Crippen molar-refractivity contribution in [2.45, 2.75) is 5.92 Å². The van der Waals surface area contributed by atoms with Crippen LogP contribution >= 0.6 is 0 Å². The first-order chi connectivity index (χ1) is 3.50. The van der Waals surface area contributed by atoms with Gasteiger partial charge in [-0.25, -0.2) is 0 Å². The monoisotopic (exact) mass is 124 g/mol. The van der Waals surface area contributed by atoms with E-state index < -0.39 is 18.4 Å². The molecule has 0 heterocycles. The molecule has 0 spiro atoms. The van der Waals surface area contributed by atoms with E-state index in [1.165, 1.54) is 0 Å². The van der Waals surface area contributed by atoms with E-state index in [4.69, 9.17) is 0 Å². The van der Waals surface area contributed by atoms with Crippen LogP contribution in [-0.4, -0.2) is 18.4 Å². The van der Waals surface area contributed by atoms with Gasteiger partial charge >= 0.3 is 0 Å². The minimum Gasteiger partial charge on any atom is -0.544 e. The number of rotatable bonds is 2. The molecule has 0 atom stereocenters. The van der Waals surface area contributed by atoms with Gasteiger partial charge in [-0.2, -0.15) is 8.78 Å². The fourth-order valence-corrected chi connectivity index (χ4v) is 0.0833. The second-order valence-corrected chi connectivity index (χ2v) is 1.20. The number of alkyl halides is 2. The molecule has 8 heavy (non-hydrogen) atoms. The third-order valence-electron chi connectivity index (χ3n) is 0.555. The zero-order valence-electron chi connectivity index (χ0n) is 3.86. The average molecular weight is 124 g/mol. The maximum absolute atomic E-state index is 11.5. The second-order valence-electron chi connectivity index (χ2n) is 1.20. The Bertz CT molecular complexity index is 103. The molecule has 0 aliphatic carbocycles. The summed E-state index contributed by atoms with van der Waals surface area (Å²) in [7, 11) is 0. The third-order valence-corrected chi connectivity index (χ3v) is 0.555. The van der Waals surface area contributed by atoms with Crippen LogP contribution in [0.4, 0.5) is 8.78 Å². The topological polar surface area (TPSA) is 66.2 Å². The Morgan fingerprint density at radius 3 is 2.12 bits per heavy atom. The number of nitrogens with two attached hydrogens (primary N) is 1. The minimum absolute atomic E-state index is 1.21. The van der Waals surface area contributed by atoms with E-state index in [2.05, 4.69) is 5.73 Å². The van der Waals surface area contributed by atoms with Crippen LogP contribution < -0.4 is 10.8 Å². The summed E-state index contributed by atoms with van der Waals surface area (Å²) in [5, 5.41) is 9.31. The molecule has 48 valence electrons. The van der Waals surface area contributed by atoms with E-state index >= 15 is 0 Å². The number of aliphatic carboxylic acids is 1. The molecule has 0 aromatic carbocycles. The first kappa shape index (κ1) is 7.29. The molecule has 0 aliphatic rings. The molecule has 0 aromatic heterocycles. The Kier molecular flexibility index (Phi) is 1.86. The fraction of sp³-hybridized carbons (Fsp3) is 0.667. The summed E-state index contributed by atoms with van der Waals surface area (Å²) < 4.78 is 23.0. The van der Waals surface area contributed by atoms with E-state index in [9.17, 15) is 18.7 Å². The van der Waals surface area contributed by atoms with Crippen LogP contribution in [0.15, 0.2) is 0 Å². The second kappa shape index (κ2) is 2.04. The van der Waals surface area contributed by atoms with Gasteiger partial charge in [0.25, 0.3) is 5.92 Å². The van der Waals surface area contributed by atoms with Gasteiger partial charge in [-0.1, -0.05) is 0 Å².